The molecule has 2 amide bonds. The number of fused-ring (bicyclic) bond motifs is 1. The van der Waals surface area contributed by atoms with E-state index in [1.54, 1.807) is 40.9 Å². The lowest BCUT2D eigenvalue weighted by Crippen LogP contribution is -2.40. The minimum Gasteiger partial charge on any atom is -0.400 e. The molecule has 5 rings (SSSR count). The minimum absolute atomic E-state index is 0.204. The number of hydrogen-bond acceptors (Lipinski definition) is 5. The maximum atomic E-state index is 14.8. The summed E-state index contributed by atoms with van der Waals surface area (Å²) in [6.45, 7) is 2.35. The van der Waals surface area contributed by atoms with E-state index in [1.165, 1.54) is 6.07 Å². The Bertz CT molecular complexity index is 1510. The predicted octanol–water partition coefficient (Wildman–Crippen LogP) is 3.21. The number of aromatic nitrogens is 2. The monoisotopic (exact) mass is 485 g/mol. The molecule has 3 N–H and O–H groups in total. The van der Waals surface area contributed by atoms with E-state index in [0.717, 1.165) is 12.7 Å². The number of benzene rings is 2. The van der Waals surface area contributed by atoms with E-state index < -0.39 is 11.9 Å². The largest absolute Gasteiger partial charge is 0.400 e. The van der Waals surface area contributed by atoms with Crippen LogP contribution in [0, 0.1) is 24.1 Å². The number of hydrogen-bond donors (Lipinski definition) is 3. The molecule has 0 saturated carbocycles. The van der Waals surface area contributed by atoms with Crippen LogP contribution in [0.5, 0.6) is 0 Å². The molecular formula is C27H24FN5O3. The molecule has 0 aliphatic carbocycles. The molecule has 8 nitrogen and oxygen atoms in total. The number of amides is 2. The normalized spacial score (nSPS) is 14.5. The van der Waals surface area contributed by atoms with Crippen LogP contribution >= 0.6 is 0 Å². The molecule has 1 fully saturated rings. The summed E-state index contributed by atoms with van der Waals surface area (Å²) in [6, 6.07) is 17.0. The van der Waals surface area contributed by atoms with Crippen LogP contribution in [-0.4, -0.2) is 46.0 Å². The zero-order chi connectivity index (χ0) is 25.8. The molecule has 1 unspecified atom stereocenters. The van der Waals surface area contributed by atoms with Crippen LogP contribution in [-0.2, 0) is 4.79 Å². The third kappa shape index (κ3) is 4.54. The van der Waals surface area contributed by atoms with Crippen LogP contribution in [0.1, 0.15) is 28.0 Å². The van der Waals surface area contributed by atoms with E-state index >= 15 is 0 Å². The Morgan fingerprint density at radius 2 is 1.92 bits per heavy atom. The minimum atomic E-state index is -0.565. The molecule has 9 heteroatoms. The Kier molecular flexibility index (Phi) is 7.08. The highest BCUT2D eigenvalue weighted by Crippen LogP contribution is 2.35. The van der Waals surface area contributed by atoms with Gasteiger partial charge in [-0.05, 0) is 42.7 Å². The van der Waals surface area contributed by atoms with Gasteiger partial charge in [-0.25, -0.2) is 9.37 Å². The van der Waals surface area contributed by atoms with Crippen molar-refractivity contribution in [1.29, 1.82) is 5.26 Å². The van der Waals surface area contributed by atoms with Gasteiger partial charge in [-0.1, -0.05) is 36.4 Å². The van der Waals surface area contributed by atoms with Gasteiger partial charge in [0.2, 0.25) is 5.91 Å². The molecule has 2 aromatic carbocycles. The van der Waals surface area contributed by atoms with Crippen LogP contribution in [0.25, 0.3) is 28.0 Å². The topological polar surface area (TPSA) is 120 Å². The fourth-order valence-electron chi connectivity index (χ4n) is 4.22. The van der Waals surface area contributed by atoms with Crippen molar-refractivity contribution in [3.05, 3.63) is 83.4 Å². The molecule has 4 aromatic rings. The zero-order valence-electron chi connectivity index (χ0n) is 19.7. The summed E-state index contributed by atoms with van der Waals surface area (Å²) < 4.78 is 16.4. The Labute approximate surface area is 207 Å². The van der Waals surface area contributed by atoms with Crippen LogP contribution < -0.4 is 10.6 Å². The van der Waals surface area contributed by atoms with Gasteiger partial charge in [-0.15, -0.1) is 0 Å². The van der Waals surface area contributed by atoms with Crippen molar-refractivity contribution in [1.82, 2.24) is 20.0 Å². The number of aliphatic hydroxyl groups is 1. The summed E-state index contributed by atoms with van der Waals surface area (Å²) in [5.74, 6) is -0.955. The number of imidazole rings is 1. The molecule has 2 aromatic heterocycles. The highest BCUT2D eigenvalue weighted by Gasteiger charge is 2.26. The molecule has 182 valence electrons. The second-order valence-corrected chi connectivity index (χ2v) is 8.20. The summed E-state index contributed by atoms with van der Waals surface area (Å²) in [4.78, 5) is 29.1. The average molecular weight is 486 g/mol. The quantitative estimate of drug-likeness (QED) is 0.410. The lowest BCUT2D eigenvalue weighted by Gasteiger charge is -2.10. The summed E-state index contributed by atoms with van der Waals surface area (Å²) in [5.41, 5.74) is 3.84. The van der Waals surface area contributed by atoms with Crippen molar-refractivity contribution in [2.75, 3.05) is 13.7 Å². The van der Waals surface area contributed by atoms with Gasteiger partial charge in [0.25, 0.3) is 5.91 Å². The molecule has 36 heavy (non-hydrogen) atoms. The van der Waals surface area contributed by atoms with Gasteiger partial charge in [0.15, 0.2) is 5.69 Å². The third-order valence-electron chi connectivity index (χ3n) is 5.95. The van der Waals surface area contributed by atoms with Crippen molar-refractivity contribution < 1.29 is 19.1 Å². The second-order valence-electron chi connectivity index (χ2n) is 8.20. The van der Waals surface area contributed by atoms with Gasteiger partial charge in [0, 0.05) is 36.5 Å². The lowest BCUT2D eigenvalue weighted by molar-refractivity contribution is -0.120. The molecule has 1 aliphatic heterocycles. The number of aliphatic hydroxyl groups excluding tert-OH is 1. The Morgan fingerprint density at radius 3 is 2.58 bits per heavy atom. The van der Waals surface area contributed by atoms with Crippen molar-refractivity contribution in [2.45, 2.75) is 19.4 Å². The molecule has 1 atom stereocenters. The van der Waals surface area contributed by atoms with Crippen LogP contribution in [0.15, 0.2) is 60.8 Å². The summed E-state index contributed by atoms with van der Waals surface area (Å²) in [6.07, 6.45) is 2.13. The van der Waals surface area contributed by atoms with Gasteiger partial charge in [-0.3, -0.25) is 14.0 Å². The maximum Gasteiger partial charge on any atom is 0.252 e. The molecular weight excluding hydrogens is 461 g/mol. The number of nitrogens with zero attached hydrogens (tertiary/aromatic N) is 3. The molecule has 3 heterocycles. The van der Waals surface area contributed by atoms with Crippen molar-refractivity contribution in [3.63, 3.8) is 0 Å². The Balaban J connectivity index is 0.00000148. The van der Waals surface area contributed by atoms with Gasteiger partial charge in [-0.2, -0.15) is 5.26 Å². The number of aryl methyl sites for hydroxylation is 1. The number of nitriles is 1. The van der Waals surface area contributed by atoms with Crippen LogP contribution in [0.4, 0.5) is 4.39 Å². The Morgan fingerprint density at radius 1 is 1.17 bits per heavy atom. The molecule has 1 saturated heterocycles. The second kappa shape index (κ2) is 10.4. The first-order valence-corrected chi connectivity index (χ1v) is 11.3. The molecule has 0 radical (unpaired) electrons. The smallest absolute Gasteiger partial charge is 0.252 e. The standard InChI is InChI=1S/C26H20FN5O2.CH4O/c1-15-6-7-18(20(27)12-15)17-4-2-3-5-19(17)24-22(14-28)32-11-9-16(13-23(32)31-24)25(33)30-21-8-10-29-26(21)34;1-2/h2-7,9,11-13,21H,8,10H2,1H3,(H,29,34)(H,30,33);2H,1H3. The van der Waals surface area contributed by atoms with Crippen LogP contribution in [0.3, 0.4) is 0 Å². The molecule has 0 bridgehead atoms. The number of carbonyl (C=O) groups excluding carboxylic acids is 2. The zero-order valence-corrected chi connectivity index (χ0v) is 19.7. The highest BCUT2D eigenvalue weighted by atomic mass is 19.1. The van der Waals surface area contributed by atoms with E-state index in [-0.39, 0.29) is 17.4 Å². The fraction of sp³-hybridized carbons (Fsp3) is 0.185. The van der Waals surface area contributed by atoms with Crippen LogP contribution in [0.2, 0.25) is 0 Å². The van der Waals surface area contributed by atoms with Gasteiger partial charge in [0.05, 0.1) is 0 Å². The molecule has 0 spiro atoms. The SMILES string of the molecule is CO.Cc1ccc(-c2ccccc2-c2nc3cc(C(=O)NC4CCNC4=O)ccn3c2C#N)c(F)c1. The maximum absolute atomic E-state index is 14.8. The van der Waals surface area contributed by atoms with E-state index in [9.17, 15) is 19.2 Å². The van der Waals surface area contributed by atoms with Gasteiger partial charge in [0.1, 0.15) is 29.3 Å². The average Bonchev–Trinajstić information content (AvgIpc) is 3.47. The van der Waals surface area contributed by atoms with Crippen molar-refractivity contribution >= 4 is 17.5 Å². The van der Waals surface area contributed by atoms with E-state index in [0.29, 0.717) is 46.6 Å². The predicted molar refractivity (Wildman–Crippen MR) is 132 cm³/mol. The molecule has 1 aliphatic rings. The van der Waals surface area contributed by atoms with E-state index in [4.69, 9.17) is 5.11 Å². The first-order valence-electron chi connectivity index (χ1n) is 11.3. The number of pyridine rings is 1. The first-order chi connectivity index (χ1) is 17.5. The van der Waals surface area contributed by atoms with Gasteiger partial charge < -0.3 is 15.7 Å². The number of rotatable bonds is 4. The van der Waals surface area contributed by atoms with E-state index in [1.807, 2.05) is 25.1 Å². The third-order valence-corrected chi connectivity index (χ3v) is 5.95. The summed E-state index contributed by atoms with van der Waals surface area (Å²) >= 11 is 0. The highest BCUT2D eigenvalue weighted by molar-refractivity contribution is 5.98. The number of carbonyl (C=O) groups is 2. The summed E-state index contributed by atoms with van der Waals surface area (Å²) in [5, 5.41) is 22.3. The number of halogens is 1. The number of nitrogens with one attached hydrogen (secondary N) is 2. The fourth-order valence-corrected chi connectivity index (χ4v) is 4.22. The van der Waals surface area contributed by atoms with Crippen molar-refractivity contribution in [2.24, 2.45) is 0 Å². The van der Waals surface area contributed by atoms with E-state index in [2.05, 4.69) is 21.7 Å². The lowest BCUT2D eigenvalue weighted by atomic mass is 9.96. The summed E-state index contributed by atoms with van der Waals surface area (Å²) in [7, 11) is 1.00. The Hall–Kier alpha value is -4.55. The van der Waals surface area contributed by atoms with Gasteiger partial charge >= 0.3 is 0 Å². The first kappa shape index (κ1) is 24.6. The van der Waals surface area contributed by atoms with Crippen molar-refractivity contribution in [3.8, 4) is 28.5 Å².